The van der Waals surface area contributed by atoms with Crippen molar-refractivity contribution in [3.05, 3.63) is 113 Å². The van der Waals surface area contributed by atoms with Gasteiger partial charge in [0.05, 0.1) is 17.8 Å². The van der Waals surface area contributed by atoms with Crippen molar-refractivity contribution in [2.24, 2.45) is 0 Å². The van der Waals surface area contributed by atoms with Crippen molar-refractivity contribution >= 4 is 28.9 Å². The summed E-state index contributed by atoms with van der Waals surface area (Å²) in [5.74, 6) is -0.0329. The van der Waals surface area contributed by atoms with Crippen molar-refractivity contribution in [3.8, 4) is 5.69 Å². The number of amides is 1. The number of nitrogens with zero attached hydrogens (tertiary/aromatic N) is 3. The van der Waals surface area contributed by atoms with E-state index in [9.17, 15) is 4.79 Å². The van der Waals surface area contributed by atoms with Crippen LogP contribution in [0, 0.1) is 20.8 Å². The molecule has 2 N–H and O–H groups in total. The van der Waals surface area contributed by atoms with E-state index < -0.39 is 0 Å². The molecule has 1 fully saturated rings. The molecule has 4 aromatic rings. The molecule has 0 saturated carbocycles. The fraction of sp³-hybridized carbons (Fsp3) is 0.281. The minimum Gasteiger partial charge on any atom is -0.352 e. The third-order valence-corrected chi connectivity index (χ3v) is 7.95. The average Bonchev–Trinajstić information content (AvgIpc) is 3.43. The lowest BCUT2D eigenvalue weighted by Gasteiger charge is -2.28. The Morgan fingerprint density at radius 1 is 1.03 bits per heavy atom. The van der Waals surface area contributed by atoms with E-state index in [2.05, 4.69) is 76.2 Å². The molecule has 2 unspecified atom stereocenters. The molecule has 0 aliphatic carbocycles. The average molecular weight is 538 g/mol. The second-order valence-corrected chi connectivity index (χ2v) is 10.5. The zero-order valence-electron chi connectivity index (χ0n) is 22.9. The third kappa shape index (κ3) is 5.32. The fourth-order valence-electron chi connectivity index (χ4n) is 5.62. The summed E-state index contributed by atoms with van der Waals surface area (Å²) in [7, 11) is 0. The standard InChI is InChI=1S/C32H35N5OS/c1-5-24-13-7-9-16-28(24)37-22(3)20-25(23(37)4)31-30(27-15-10-11-18-33-27)35-32(39)36(31)19-17-29(38)34-26-14-8-6-12-21(26)2/h6-16,18,20,30-31H,5,17,19H2,1-4H3,(H,34,38)(H,35,39). The molecule has 1 aliphatic rings. The lowest BCUT2D eigenvalue weighted by Crippen LogP contribution is -2.33. The molecule has 0 bridgehead atoms. The van der Waals surface area contributed by atoms with Crippen LogP contribution in [0.3, 0.4) is 0 Å². The predicted molar refractivity (Wildman–Crippen MR) is 161 cm³/mol. The Hall–Kier alpha value is -3.97. The van der Waals surface area contributed by atoms with Crippen LogP contribution < -0.4 is 10.6 Å². The van der Waals surface area contributed by atoms with Crippen LogP contribution in [0.15, 0.2) is 79.0 Å². The summed E-state index contributed by atoms with van der Waals surface area (Å²) in [5.41, 5.74) is 8.82. The second-order valence-electron chi connectivity index (χ2n) is 10.1. The highest BCUT2D eigenvalue weighted by Gasteiger charge is 2.41. The van der Waals surface area contributed by atoms with Crippen molar-refractivity contribution < 1.29 is 4.79 Å². The minimum atomic E-state index is -0.131. The number of hydrogen-bond acceptors (Lipinski definition) is 3. The zero-order valence-corrected chi connectivity index (χ0v) is 23.8. The van der Waals surface area contributed by atoms with E-state index in [1.165, 1.54) is 28.2 Å². The Morgan fingerprint density at radius 2 is 1.77 bits per heavy atom. The summed E-state index contributed by atoms with van der Waals surface area (Å²) in [5, 5.41) is 7.22. The summed E-state index contributed by atoms with van der Waals surface area (Å²) in [6.45, 7) is 9.00. The molecule has 1 amide bonds. The molecule has 0 radical (unpaired) electrons. The Morgan fingerprint density at radius 3 is 2.51 bits per heavy atom. The number of para-hydroxylation sites is 2. The first-order chi connectivity index (χ1) is 18.9. The number of nitrogens with one attached hydrogen (secondary N) is 2. The van der Waals surface area contributed by atoms with Crippen molar-refractivity contribution in [2.75, 3.05) is 11.9 Å². The zero-order chi connectivity index (χ0) is 27.5. The number of carbonyl (C=O) groups excluding carboxylic acids is 1. The molecule has 39 heavy (non-hydrogen) atoms. The Kier molecular flexibility index (Phi) is 7.79. The monoisotopic (exact) mass is 537 g/mol. The molecule has 6 nitrogen and oxygen atoms in total. The van der Waals surface area contributed by atoms with Gasteiger partial charge < -0.3 is 20.1 Å². The molecule has 0 spiro atoms. The largest absolute Gasteiger partial charge is 0.352 e. The van der Waals surface area contributed by atoms with Crippen LogP contribution in [0.1, 0.15) is 59.2 Å². The van der Waals surface area contributed by atoms with Gasteiger partial charge in [-0.3, -0.25) is 9.78 Å². The SMILES string of the molecule is CCc1ccccc1-n1c(C)cc(C2C(c3ccccn3)NC(=S)N2CCC(=O)Nc2ccccc2C)c1C. The van der Waals surface area contributed by atoms with Crippen LogP contribution in [0.4, 0.5) is 5.69 Å². The molecular formula is C32H35N5OS. The smallest absolute Gasteiger partial charge is 0.226 e. The molecule has 2 atom stereocenters. The van der Waals surface area contributed by atoms with Gasteiger partial charge in [-0.1, -0.05) is 49.4 Å². The molecule has 5 rings (SSSR count). The summed E-state index contributed by atoms with van der Waals surface area (Å²) < 4.78 is 2.34. The van der Waals surface area contributed by atoms with Crippen molar-refractivity contribution in [3.63, 3.8) is 0 Å². The number of benzene rings is 2. The summed E-state index contributed by atoms with van der Waals surface area (Å²) in [4.78, 5) is 19.8. The van der Waals surface area contributed by atoms with Crippen molar-refractivity contribution in [2.45, 2.75) is 52.6 Å². The Balaban J connectivity index is 1.49. The van der Waals surface area contributed by atoms with E-state index in [1.807, 2.05) is 55.6 Å². The van der Waals surface area contributed by atoms with E-state index in [-0.39, 0.29) is 18.0 Å². The summed E-state index contributed by atoms with van der Waals surface area (Å²) >= 11 is 5.86. The van der Waals surface area contributed by atoms with Gasteiger partial charge in [0, 0.05) is 41.9 Å². The quantitative estimate of drug-likeness (QED) is 0.256. The Bertz CT molecular complexity index is 1500. The molecule has 1 aliphatic heterocycles. The first-order valence-corrected chi connectivity index (χ1v) is 13.9. The third-order valence-electron chi connectivity index (χ3n) is 7.60. The van der Waals surface area contributed by atoms with Crippen LogP contribution in [0.25, 0.3) is 5.69 Å². The highest BCUT2D eigenvalue weighted by atomic mass is 32.1. The van der Waals surface area contributed by atoms with Crippen molar-refractivity contribution in [1.29, 1.82) is 0 Å². The number of aromatic nitrogens is 2. The second kappa shape index (κ2) is 11.4. The molecule has 7 heteroatoms. The normalized spacial score (nSPS) is 16.8. The van der Waals surface area contributed by atoms with E-state index in [4.69, 9.17) is 12.2 Å². The van der Waals surface area contributed by atoms with Gasteiger partial charge in [-0.05, 0) is 86.4 Å². The van der Waals surface area contributed by atoms with Gasteiger partial charge in [-0.25, -0.2) is 0 Å². The number of rotatable bonds is 8. The minimum absolute atomic E-state index is 0.0329. The lowest BCUT2D eigenvalue weighted by molar-refractivity contribution is -0.116. The first-order valence-electron chi connectivity index (χ1n) is 13.5. The van der Waals surface area contributed by atoms with Crippen molar-refractivity contribution in [1.82, 2.24) is 19.8 Å². The number of hydrogen-bond donors (Lipinski definition) is 2. The van der Waals surface area contributed by atoms with Gasteiger partial charge in [0.25, 0.3) is 0 Å². The van der Waals surface area contributed by atoms with E-state index in [0.717, 1.165) is 23.4 Å². The van der Waals surface area contributed by atoms with Crippen LogP contribution in [-0.2, 0) is 11.2 Å². The molecule has 200 valence electrons. The molecule has 2 aromatic heterocycles. The molecule has 3 heterocycles. The van der Waals surface area contributed by atoms with Crippen LogP contribution >= 0.6 is 12.2 Å². The number of aryl methyl sites for hydroxylation is 3. The van der Waals surface area contributed by atoms with E-state index >= 15 is 0 Å². The first kappa shape index (κ1) is 26.6. The highest BCUT2D eigenvalue weighted by molar-refractivity contribution is 7.80. The summed E-state index contributed by atoms with van der Waals surface area (Å²) in [6.07, 6.45) is 3.09. The predicted octanol–water partition coefficient (Wildman–Crippen LogP) is 6.36. The lowest BCUT2D eigenvalue weighted by atomic mass is 9.96. The topological polar surface area (TPSA) is 62.2 Å². The van der Waals surface area contributed by atoms with E-state index in [0.29, 0.717) is 18.1 Å². The maximum Gasteiger partial charge on any atom is 0.226 e. The van der Waals surface area contributed by atoms with Gasteiger partial charge >= 0.3 is 0 Å². The van der Waals surface area contributed by atoms with Gasteiger partial charge in [-0.2, -0.15) is 0 Å². The Labute approximate surface area is 236 Å². The van der Waals surface area contributed by atoms with Crippen LogP contribution in [-0.4, -0.2) is 32.0 Å². The van der Waals surface area contributed by atoms with Gasteiger partial charge in [0.15, 0.2) is 5.11 Å². The number of pyridine rings is 1. The van der Waals surface area contributed by atoms with Crippen LogP contribution in [0.5, 0.6) is 0 Å². The maximum atomic E-state index is 13.0. The maximum absolute atomic E-state index is 13.0. The molecular weight excluding hydrogens is 502 g/mol. The highest BCUT2D eigenvalue weighted by Crippen LogP contribution is 2.41. The van der Waals surface area contributed by atoms with E-state index in [1.54, 1.807) is 0 Å². The van der Waals surface area contributed by atoms with Crippen LogP contribution in [0.2, 0.25) is 0 Å². The van der Waals surface area contributed by atoms with Gasteiger partial charge in [0.1, 0.15) is 0 Å². The number of anilines is 1. The summed E-state index contributed by atoms with van der Waals surface area (Å²) in [6, 6.07) is 24.4. The van der Waals surface area contributed by atoms with Gasteiger partial charge in [0.2, 0.25) is 5.91 Å². The number of thiocarbonyl (C=S) groups is 1. The fourth-order valence-corrected chi connectivity index (χ4v) is 5.95. The number of carbonyl (C=O) groups is 1. The molecule has 2 aromatic carbocycles. The molecule has 1 saturated heterocycles. The van der Waals surface area contributed by atoms with Gasteiger partial charge in [-0.15, -0.1) is 0 Å².